The number of rotatable bonds is 3. The molecule has 1 aromatic carbocycles. The largest absolute Gasteiger partial charge is 0.497 e. The van der Waals surface area contributed by atoms with Crippen LogP contribution in [-0.2, 0) is 6.54 Å². The lowest BCUT2D eigenvalue weighted by atomic mass is 10.2. The van der Waals surface area contributed by atoms with Crippen molar-refractivity contribution in [2.24, 2.45) is 5.73 Å². The molecule has 118 valence electrons. The molecule has 3 aromatic rings. The lowest BCUT2D eigenvalue weighted by Crippen LogP contribution is -1.95. The van der Waals surface area contributed by atoms with Crippen molar-refractivity contribution in [3.05, 3.63) is 66.0 Å². The fourth-order valence-electron chi connectivity index (χ4n) is 1.87. The molecule has 6 heteroatoms. The predicted octanol–water partition coefficient (Wildman–Crippen LogP) is 2.85. The van der Waals surface area contributed by atoms with Crippen LogP contribution in [0.4, 0.5) is 0 Å². The summed E-state index contributed by atoms with van der Waals surface area (Å²) >= 11 is 3.68. The molecule has 2 N–H and O–H groups in total. The molecular formula is C17H17N3O2S. The third kappa shape index (κ3) is 4.77. The second kappa shape index (κ2) is 8.26. The van der Waals surface area contributed by atoms with Crippen molar-refractivity contribution in [3.8, 4) is 5.75 Å². The molecule has 0 saturated carbocycles. The van der Waals surface area contributed by atoms with E-state index >= 15 is 0 Å². The third-order valence-corrected chi connectivity index (χ3v) is 3.28. The van der Waals surface area contributed by atoms with E-state index in [1.807, 2.05) is 36.4 Å². The number of carbonyl (C=O) groups excluding carboxylic acids is 1. The normalized spacial score (nSPS) is 9.87. The second-order valence-corrected chi connectivity index (χ2v) is 5.01. The standard InChI is InChI=1S/C9H6N2OS.C8H11NO/c12-9(13)7-4-3-6-2-1-5-10-8(6)11-7;1-10-8-4-2-3-7(5-8)6-9/h1-5H,(H,12,13);2-5H,6,9H2,1H3. The molecule has 0 radical (unpaired) electrons. The molecule has 0 saturated heterocycles. The molecular weight excluding hydrogens is 310 g/mol. The highest BCUT2D eigenvalue weighted by Gasteiger charge is 2.02. The Labute approximate surface area is 139 Å². The number of nitrogens with zero attached hydrogens (tertiary/aromatic N) is 2. The summed E-state index contributed by atoms with van der Waals surface area (Å²) < 4.78 is 5.00. The Bertz CT molecular complexity index is 789. The highest BCUT2D eigenvalue weighted by Crippen LogP contribution is 2.11. The van der Waals surface area contributed by atoms with Crippen molar-refractivity contribution in [1.29, 1.82) is 0 Å². The molecule has 0 fully saturated rings. The van der Waals surface area contributed by atoms with Crippen LogP contribution in [0.5, 0.6) is 5.75 Å². The van der Waals surface area contributed by atoms with E-state index in [4.69, 9.17) is 10.5 Å². The van der Waals surface area contributed by atoms with E-state index in [-0.39, 0.29) is 5.12 Å². The van der Waals surface area contributed by atoms with Crippen LogP contribution in [0.15, 0.2) is 54.7 Å². The van der Waals surface area contributed by atoms with Gasteiger partial charge in [-0.3, -0.25) is 4.79 Å². The van der Waals surface area contributed by atoms with Crippen molar-refractivity contribution in [1.82, 2.24) is 9.97 Å². The lowest BCUT2D eigenvalue weighted by molar-refractivity contribution is 0.108. The Kier molecular flexibility index (Phi) is 6.08. The summed E-state index contributed by atoms with van der Waals surface area (Å²) in [6.07, 6.45) is 1.64. The van der Waals surface area contributed by atoms with Gasteiger partial charge in [0.05, 0.1) is 7.11 Å². The zero-order valence-electron chi connectivity index (χ0n) is 12.6. The van der Waals surface area contributed by atoms with Gasteiger partial charge in [-0.05, 0) is 42.0 Å². The Balaban J connectivity index is 0.000000174. The average Bonchev–Trinajstić information content (AvgIpc) is 2.61. The molecule has 2 heterocycles. The highest BCUT2D eigenvalue weighted by atomic mass is 32.1. The molecule has 0 unspecified atom stereocenters. The van der Waals surface area contributed by atoms with E-state index in [2.05, 4.69) is 22.6 Å². The lowest BCUT2D eigenvalue weighted by Gasteiger charge is -2.00. The van der Waals surface area contributed by atoms with Gasteiger partial charge in [-0.2, -0.15) is 0 Å². The number of hydrogen-bond donors (Lipinski definition) is 2. The number of carbonyl (C=O) groups is 1. The summed E-state index contributed by atoms with van der Waals surface area (Å²) in [5.74, 6) is 0.864. The number of ether oxygens (including phenoxy) is 1. The van der Waals surface area contributed by atoms with Crippen LogP contribution in [0, 0.1) is 0 Å². The number of hydrogen-bond acceptors (Lipinski definition) is 5. The summed E-state index contributed by atoms with van der Waals surface area (Å²) in [6.45, 7) is 0.567. The van der Waals surface area contributed by atoms with Crippen molar-refractivity contribution < 1.29 is 9.53 Å². The molecule has 0 aliphatic rings. The van der Waals surface area contributed by atoms with Crippen LogP contribution < -0.4 is 10.5 Å². The maximum absolute atomic E-state index is 10.9. The molecule has 0 spiro atoms. The van der Waals surface area contributed by atoms with Gasteiger partial charge in [0, 0.05) is 18.1 Å². The van der Waals surface area contributed by atoms with Crippen LogP contribution in [0.2, 0.25) is 0 Å². The quantitative estimate of drug-likeness (QED) is 0.723. The first-order valence-corrected chi connectivity index (χ1v) is 7.37. The Morgan fingerprint density at radius 1 is 1.22 bits per heavy atom. The topological polar surface area (TPSA) is 78.1 Å². The molecule has 0 bridgehead atoms. The molecule has 23 heavy (non-hydrogen) atoms. The van der Waals surface area contributed by atoms with Gasteiger partial charge in [0.15, 0.2) is 5.65 Å². The fourth-order valence-corrected chi connectivity index (χ4v) is 2.00. The van der Waals surface area contributed by atoms with E-state index in [0.29, 0.717) is 17.9 Å². The number of aromatic nitrogens is 2. The number of pyridine rings is 2. The zero-order chi connectivity index (χ0) is 16.7. The average molecular weight is 327 g/mol. The number of methoxy groups -OCH3 is 1. The molecule has 3 rings (SSSR count). The number of fused-ring (bicyclic) bond motifs is 1. The van der Waals surface area contributed by atoms with Gasteiger partial charge in [0.1, 0.15) is 11.4 Å². The van der Waals surface area contributed by atoms with Gasteiger partial charge in [-0.25, -0.2) is 9.97 Å². The van der Waals surface area contributed by atoms with Crippen molar-refractivity contribution in [2.45, 2.75) is 6.54 Å². The van der Waals surface area contributed by atoms with E-state index in [1.54, 1.807) is 25.4 Å². The smallest absolute Gasteiger partial charge is 0.234 e. The first-order chi connectivity index (χ1) is 11.1. The van der Waals surface area contributed by atoms with Gasteiger partial charge < -0.3 is 10.5 Å². The second-order valence-electron chi connectivity index (χ2n) is 4.61. The minimum absolute atomic E-state index is 0.328. The highest BCUT2D eigenvalue weighted by molar-refractivity contribution is 7.97. The fraction of sp³-hybridized carbons (Fsp3) is 0.118. The van der Waals surface area contributed by atoms with E-state index in [0.717, 1.165) is 16.7 Å². The van der Waals surface area contributed by atoms with Crippen molar-refractivity contribution in [3.63, 3.8) is 0 Å². The molecule has 0 amide bonds. The van der Waals surface area contributed by atoms with E-state index in [1.165, 1.54) is 0 Å². The third-order valence-electron chi connectivity index (χ3n) is 3.05. The maximum atomic E-state index is 10.9. The van der Waals surface area contributed by atoms with Gasteiger partial charge in [-0.15, -0.1) is 0 Å². The minimum atomic E-state index is -0.340. The summed E-state index contributed by atoms with van der Waals surface area (Å²) in [7, 11) is 1.65. The minimum Gasteiger partial charge on any atom is -0.497 e. The van der Waals surface area contributed by atoms with Crippen LogP contribution in [0.3, 0.4) is 0 Å². The molecule has 0 aliphatic carbocycles. The maximum Gasteiger partial charge on any atom is 0.234 e. The van der Waals surface area contributed by atoms with Crippen molar-refractivity contribution in [2.75, 3.05) is 7.11 Å². The van der Waals surface area contributed by atoms with Gasteiger partial charge >= 0.3 is 0 Å². The van der Waals surface area contributed by atoms with Gasteiger partial charge in [-0.1, -0.05) is 24.8 Å². The van der Waals surface area contributed by atoms with Gasteiger partial charge in [0.25, 0.3) is 0 Å². The molecule has 5 nitrogen and oxygen atoms in total. The Morgan fingerprint density at radius 2 is 2.04 bits per heavy atom. The molecule has 0 atom stereocenters. The van der Waals surface area contributed by atoms with Crippen LogP contribution >= 0.6 is 12.6 Å². The molecule has 0 aliphatic heterocycles. The van der Waals surface area contributed by atoms with Crippen molar-refractivity contribution >= 4 is 28.8 Å². The summed E-state index contributed by atoms with van der Waals surface area (Å²) in [6, 6.07) is 14.9. The SMILES string of the molecule is COc1cccc(CN)c1.O=C(S)c1ccc2cccnc2n1. The summed E-state index contributed by atoms with van der Waals surface area (Å²) in [5.41, 5.74) is 7.41. The first-order valence-electron chi connectivity index (χ1n) is 6.92. The Morgan fingerprint density at radius 3 is 2.74 bits per heavy atom. The van der Waals surface area contributed by atoms with E-state index < -0.39 is 0 Å². The zero-order valence-corrected chi connectivity index (χ0v) is 13.5. The Hall–Kier alpha value is -2.44. The molecule has 2 aromatic heterocycles. The number of nitrogens with two attached hydrogens (primary N) is 1. The van der Waals surface area contributed by atoms with E-state index in [9.17, 15) is 4.79 Å². The van der Waals surface area contributed by atoms with Crippen LogP contribution in [0.1, 0.15) is 16.1 Å². The first kappa shape index (κ1) is 16.9. The monoisotopic (exact) mass is 327 g/mol. The number of benzene rings is 1. The van der Waals surface area contributed by atoms with Crippen LogP contribution in [0.25, 0.3) is 11.0 Å². The summed E-state index contributed by atoms with van der Waals surface area (Å²) in [5, 5.41) is 0.577. The van der Waals surface area contributed by atoms with Crippen LogP contribution in [-0.4, -0.2) is 22.2 Å². The van der Waals surface area contributed by atoms with Gasteiger partial charge in [0.2, 0.25) is 5.12 Å². The number of thiol groups is 1. The summed E-state index contributed by atoms with van der Waals surface area (Å²) in [4.78, 5) is 18.9. The predicted molar refractivity (Wildman–Crippen MR) is 93.7 cm³/mol.